The number of furan rings is 1. The molecule has 2 aromatic heterocycles. The summed E-state index contributed by atoms with van der Waals surface area (Å²) in [6, 6.07) is 23.3. The Labute approximate surface area is 250 Å². The largest absolute Gasteiger partial charge is 0.479 e. The van der Waals surface area contributed by atoms with Crippen molar-refractivity contribution in [3.63, 3.8) is 0 Å². The standard InChI is InChI=1S/C35H36N2O6/c1-20-12-14-27(21(2)16-20)32(25-10-8-7-9-11-25)36-30(38)18-24-13-15-28-26(17-24)19-29(41-28)33(42-35(5,6)34(39)40)31-22(3)37-43-23(31)4/h7-17,19,32-33H,18H2,1-6H3,(H,36,38)(H,39,40). The smallest absolute Gasteiger partial charge is 0.335 e. The Bertz CT molecular complexity index is 1760. The van der Waals surface area contributed by atoms with Gasteiger partial charge in [-0.1, -0.05) is 65.3 Å². The van der Waals surface area contributed by atoms with E-state index in [0.29, 0.717) is 28.4 Å². The summed E-state index contributed by atoms with van der Waals surface area (Å²) in [5.41, 5.74) is 5.43. The number of carbonyl (C=O) groups is 2. The Balaban J connectivity index is 1.42. The zero-order valence-corrected chi connectivity index (χ0v) is 25.2. The molecule has 0 radical (unpaired) electrons. The van der Waals surface area contributed by atoms with Crippen LogP contribution in [-0.4, -0.2) is 27.7 Å². The van der Waals surface area contributed by atoms with E-state index in [1.807, 2.05) is 54.6 Å². The number of carboxylic acid groups (broad SMARTS) is 1. The van der Waals surface area contributed by atoms with Gasteiger partial charge in [0.1, 0.15) is 23.2 Å². The van der Waals surface area contributed by atoms with E-state index in [9.17, 15) is 14.7 Å². The minimum Gasteiger partial charge on any atom is -0.479 e. The second-order valence-corrected chi connectivity index (χ2v) is 11.5. The number of amides is 1. The first kappa shape index (κ1) is 29.8. The van der Waals surface area contributed by atoms with Gasteiger partial charge in [0.05, 0.1) is 23.7 Å². The first-order valence-corrected chi connectivity index (χ1v) is 14.2. The summed E-state index contributed by atoms with van der Waals surface area (Å²) in [5.74, 6) is -0.294. The maximum Gasteiger partial charge on any atom is 0.335 e. The minimum atomic E-state index is -1.51. The molecule has 0 aliphatic carbocycles. The number of nitrogens with one attached hydrogen (secondary N) is 1. The van der Waals surface area contributed by atoms with Crippen LogP contribution in [0.4, 0.5) is 0 Å². The molecule has 8 nitrogen and oxygen atoms in total. The van der Waals surface area contributed by atoms with Gasteiger partial charge >= 0.3 is 5.97 Å². The third-order valence-electron chi connectivity index (χ3n) is 7.68. The van der Waals surface area contributed by atoms with Crippen molar-refractivity contribution in [1.82, 2.24) is 10.5 Å². The zero-order chi connectivity index (χ0) is 30.9. The number of carboxylic acids is 1. The molecule has 222 valence electrons. The predicted octanol–water partition coefficient (Wildman–Crippen LogP) is 7.07. The van der Waals surface area contributed by atoms with Gasteiger partial charge in [0.15, 0.2) is 5.60 Å². The third-order valence-corrected chi connectivity index (χ3v) is 7.68. The minimum absolute atomic E-state index is 0.114. The molecule has 5 aromatic rings. The number of fused-ring (bicyclic) bond motifs is 1. The van der Waals surface area contributed by atoms with Crippen LogP contribution in [0.1, 0.15) is 76.6 Å². The van der Waals surface area contributed by atoms with Gasteiger partial charge in [-0.3, -0.25) is 4.79 Å². The lowest BCUT2D eigenvalue weighted by Crippen LogP contribution is -2.36. The molecule has 2 atom stereocenters. The topological polar surface area (TPSA) is 115 Å². The van der Waals surface area contributed by atoms with Crippen molar-refractivity contribution >= 4 is 22.8 Å². The zero-order valence-electron chi connectivity index (χ0n) is 25.2. The van der Waals surface area contributed by atoms with Crippen LogP contribution in [0, 0.1) is 27.7 Å². The number of carbonyl (C=O) groups excluding carboxylic acids is 1. The number of aryl methyl sites for hydroxylation is 4. The Morgan fingerprint density at radius 1 is 0.977 bits per heavy atom. The van der Waals surface area contributed by atoms with Crippen molar-refractivity contribution in [3.8, 4) is 0 Å². The average molecular weight is 581 g/mol. The number of ether oxygens (including phenoxy) is 1. The number of hydrogen-bond acceptors (Lipinski definition) is 6. The highest BCUT2D eigenvalue weighted by Gasteiger charge is 2.37. The lowest BCUT2D eigenvalue weighted by atomic mass is 9.93. The van der Waals surface area contributed by atoms with Crippen LogP contribution in [0.5, 0.6) is 0 Å². The van der Waals surface area contributed by atoms with Crippen molar-refractivity contribution in [3.05, 3.63) is 123 Å². The Morgan fingerprint density at radius 2 is 1.72 bits per heavy atom. The summed E-state index contributed by atoms with van der Waals surface area (Å²) in [4.78, 5) is 25.3. The van der Waals surface area contributed by atoms with Crippen molar-refractivity contribution in [1.29, 1.82) is 0 Å². The first-order chi connectivity index (χ1) is 20.4. The molecule has 2 unspecified atom stereocenters. The highest BCUT2D eigenvalue weighted by molar-refractivity contribution is 5.83. The van der Waals surface area contributed by atoms with E-state index in [2.05, 4.69) is 42.5 Å². The molecular formula is C35H36N2O6. The maximum absolute atomic E-state index is 13.4. The molecular weight excluding hydrogens is 544 g/mol. The van der Waals surface area contributed by atoms with Gasteiger partial charge < -0.3 is 24.1 Å². The normalized spacial score (nSPS) is 13.2. The lowest BCUT2D eigenvalue weighted by molar-refractivity contribution is -0.166. The van der Waals surface area contributed by atoms with Gasteiger partial charge in [-0.2, -0.15) is 0 Å². The molecule has 0 bridgehead atoms. The van der Waals surface area contributed by atoms with Gasteiger partial charge in [-0.25, -0.2) is 4.79 Å². The maximum atomic E-state index is 13.4. The highest BCUT2D eigenvalue weighted by atomic mass is 16.5. The van der Waals surface area contributed by atoms with Crippen molar-refractivity contribution in [2.45, 2.75) is 65.7 Å². The number of benzene rings is 3. The van der Waals surface area contributed by atoms with Crippen LogP contribution in [0.3, 0.4) is 0 Å². The number of rotatable bonds is 10. The molecule has 3 aromatic carbocycles. The molecule has 5 rings (SSSR count). The summed E-state index contributed by atoms with van der Waals surface area (Å²) in [6.45, 7) is 10.6. The molecule has 0 saturated heterocycles. The number of nitrogens with zero attached hydrogens (tertiary/aromatic N) is 1. The molecule has 0 aliphatic rings. The molecule has 0 spiro atoms. The number of aromatic nitrogens is 1. The quantitative estimate of drug-likeness (QED) is 0.182. The van der Waals surface area contributed by atoms with E-state index < -0.39 is 17.7 Å². The second-order valence-electron chi connectivity index (χ2n) is 11.5. The Kier molecular flexibility index (Phi) is 8.24. The lowest BCUT2D eigenvalue weighted by Gasteiger charge is -2.26. The van der Waals surface area contributed by atoms with E-state index >= 15 is 0 Å². The van der Waals surface area contributed by atoms with E-state index in [-0.39, 0.29) is 18.4 Å². The van der Waals surface area contributed by atoms with Crippen molar-refractivity contribution in [2.75, 3.05) is 0 Å². The monoisotopic (exact) mass is 580 g/mol. The van der Waals surface area contributed by atoms with Gasteiger partial charge in [0.25, 0.3) is 0 Å². The first-order valence-electron chi connectivity index (χ1n) is 14.2. The van der Waals surface area contributed by atoms with E-state index in [1.54, 1.807) is 13.8 Å². The molecule has 0 fully saturated rings. The molecule has 1 amide bonds. The van der Waals surface area contributed by atoms with E-state index in [4.69, 9.17) is 13.7 Å². The van der Waals surface area contributed by atoms with Crippen LogP contribution in [0.25, 0.3) is 11.0 Å². The SMILES string of the molecule is Cc1ccc(C(NC(=O)Cc2ccc3oc(C(OC(C)(C)C(=O)O)c4c(C)noc4C)cc3c2)c2ccccc2)c(C)c1. The second kappa shape index (κ2) is 11.9. The number of hydrogen-bond donors (Lipinski definition) is 2. The summed E-state index contributed by atoms with van der Waals surface area (Å²) >= 11 is 0. The van der Waals surface area contributed by atoms with Crippen LogP contribution in [0.15, 0.2) is 81.7 Å². The highest BCUT2D eigenvalue weighted by Crippen LogP contribution is 2.37. The van der Waals surface area contributed by atoms with Crippen LogP contribution >= 0.6 is 0 Å². The van der Waals surface area contributed by atoms with Gasteiger partial charge in [-0.15, -0.1) is 0 Å². The summed E-state index contributed by atoms with van der Waals surface area (Å²) in [7, 11) is 0. The van der Waals surface area contributed by atoms with Crippen molar-refractivity contribution < 1.29 is 28.4 Å². The van der Waals surface area contributed by atoms with Gasteiger partial charge in [0, 0.05) is 5.39 Å². The van der Waals surface area contributed by atoms with Crippen LogP contribution < -0.4 is 5.32 Å². The third kappa shape index (κ3) is 6.39. The Hall–Kier alpha value is -4.69. The molecule has 0 aliphatic heterocycles. The van der Waals surface area contributed by atoms with E-state index in [1.165, 1.54) is 19.4 Å². The summed E-state index contributed by atoms with van der Waals surface area (Å²) in [6.07, 6.45) is -0.693. The predicted molar refractivity (Wildman–Crippen MR) is 163 cm³/mol. The fourth-order valence-corrected chi connectivity index (χ4v) is 5.35. The fraction of sp³-hybridized carbons (Fsp3) is 0.286. The molecule has 2 heterocycles. The fourth-order valence-electron chi connectivity index (χ4n) is 5.35. The molecule has 0 saturated carbocycles. The average Bonchev–Trinajstić information content (AvgIpc) is 3.53. The van der Waals surface area contributed by atoms with Gasteiger partial charge in [0.2, 0.25) is 5.91 Å². The van der Waals surface area contributed by atoms with Crippen LogP contribution in [-0.2, 0) is 20.7 Å². The summed E-state index contributed by atoms with van der Waals surface area (Å²) in [5, 5.41) is 17.8. The molecule has 8 heteroatoms. The van der Waals surface area contributed by atoms with E-state index in [0.717, 1.165) is 27.6 Å². The van der Waals surface area contributed by atoms with Crippen LogP contribution in [0.2, 0.25) is 0 Å². The molecule has 43 heavy (non-hydrogen) atoms. The number of aliphatic carboxylic acids is 1. The van der Waals surface area contributed by atoms with Crippen molar-refractivity contribution in [2.24, 2.45) is 0 Å². The molecule has 2 N–H and O–H groups in total. The van der Waals surface area contributed by atoms with Gasteiger partial charge in [-0.05, 0) is 82.0 Å². The summed E-state index contributed by atoms with van der Waals surface area (Å²) < 4.78 is 17.6. The Morgan fingerprint density at radius 3 is 2.37 bits per heavy atom.